The molecule has 0 fully saturated rings. The van der Waals surface area contributed by atoms with Gasteiger partial charge in [0.05, 0.1) is 6.21 Å². The smallest absolute Gasteiger partial charge is 0.216 e. The average molecular weight is 308 g/mol. The van der Waals surface area contributed by atoms with Crippen LogP contribution in [0.5, 0.6) is 0 Å². The molecule has 110 valence electrons. The zero-order valence-corrected chi connectivity index (χ0v) is 13.3. The molecule has 3 rings (SSSR count). The molecule has 0 atom stereocenters. The van der Waals surface area contributed by atoms with Crippen LogP contribution in [-0.2, 0) is 0 Å². The van der Waals surface area contributed by atoms with E-state index in [1.165, 1.54) is 5.56 Å². The summed E-state index contributed by atoms with van der Waals surface area (Å²) in [4.78, 5) is 0. The van der Waals surface area contributed by atoms with Gasteiger partial charge >= 0.3 is 0 Å². The van der Waals surface area contributed by atoms with E-state index in [0.717, 1.165) is 16.7 Å². The zero-order chi connectivity index (χ0) is 15.5. The van der Waals surface area contributed by atoms with E-state index in [0.29, 0.717) is 10.6 Å². The van der Waals surface area contributed by atoms with Gasteiger partial charge in [0, 0.05) is 5.56 Å². The van der Waals surface area contributed by atoms with E-state index in [4.69, 9.17) is 12.2 Å². The summed E-state index contributed by atoms with van der Waals surface area (Å²) in [6.07, 6.45) is 1.78. The molecular weight excluding hydrogens is 292 g/mol. The van der Waals surface area contributed by atoms with Gasteiger partial charge in [-0.15, -0.1) is 0 Å². The molecule has 0 spiro atoms. The second-order valence-electron chi connectivity index (χ2n) is 5.13. The van der Waals surface area contributed by atoms with Gasteiger partial charge in [-0.05, 0) is 37.2 Å². The molecular formula is C17H16N4S. The third-order valence-electron chi connectivity index (χ3n) is 3.44. The molecule has 0 radical (unpaired) electrons. The first-order valence-electron chi connectivity index (χ1n) is 6.99. The van der Waals surface area contributed by atoms with Crippen LogP contribution in [0.3, 0.4) is 0 Å². The summed E-state index contributed by atoms with van der Waals surface area (Å²) in [6.45, 7) is 4.10. The summed E-state index contributed by atoms with van der Waals surface area (Å²) >= 11 is 5.28. The van der Waals surface area contributed by atoms with E-state index in [1.54, 1.807) is 10.9 Å². The van der Waals surface area contributed by atoms with Crippen molar-refractivity contribution >= 4 is 18.4 Å². The van der Waals surface area contributed by atoms with Crippen molar-refractivity contribution in [3.63, 3.8) is 0 Å². The number of aromatic amines is 1. The van der Waals surface area contributed by atoms with Crippen LogP contribution in [-0.4, -0.2) is 21.1 Å². The van der Waals surface area contributed by atoms with Gasteiger partial charge in [-0.1, -0.05) is 54.1 Å². The van der Waals surface area contributed by atoms with Crippen molar-refractivity contribution in [3.05, 3.63) is 70.0 Å². The highest BCUT2D eigenvalue weighted by molar-refractivity contribution is 7.71. The minimum absolute atomic E-state index is 0.474. The maximum absolute atomic E-state index is 5.28. The molecule has 0 saturated carbocycles. The van der Waals surface area contributed by atoms with Crippen LogP contribution in [0.2, 0.25) is 0 Å². The summed E-state index contributed by atoms with van der Waals surface area (Å²) in [7, 11) is 0. The first-order chi connectivity index (χ1) is 10.6. The van der Waals surface area contributed by atoms with Gasteiger partial charge in [0.2, 0.25) is 4.77 Å². The quantitative estimate of drug-likeness (QED) is 0.584. The van der Waals surface area contributed by atoms with Crippen LogP contribution in [0.4, 0.5) is 0 Å². The molecule has 1 heterocycles. The normalized spacial score (nSPS) is 11.2. The Hall–Kier alpha value is -2.53. The number of rotatable bonds is 3. The van der Waals surface area contributed by atoms with Gasteiger partial charge in [-0.2, -0.15) is 14.9 Å². The van der Waals surface area contributed by atoms with E-state index < -0.39 is 0 Å². The molecule has 0 unspecified atom stereocenters. The minimum atomic E-state index is 0.474. The first kappa shape index (κ1) is 14.4. The minimum Gasteiger partial charge on any atom is -0.250 e. The Morgan fingerprint density at radius 2 is 1.82 bits per heavy atom. The lowest BCUT2D eigenvalue weighted by Crippen LogP contribution is -1.96. The van der Waals surface area contributed by atoms with Crippen LogP contribution < -0.4 is 0 Å². The number of aryl methyl sites for hydroxylation is 2. The van der Waals surface area contributed by atoms with Crippen LogP contribution in [0.1, 0.15) is 16.7 Å². The molecule has 22 heavy (non-hydrogen) atoms. The van der Waals surface area contributed by atoms with Gasteiger partial charge < -0.3 is 0 Å². The van der Waals surface area contributed by atoms with Crippen molar-refractivity contribution in [3.8, 4) is 11.4 Å². The molecule has 3 aromatic rings. The number of aromatic nitrogens is 3. The predicted octanol–water partition coefficient (Wildman–Crippen LogP) is 4.11. The first-order valence-corrected chi connectivity index (χ1v) is 7.40. The van der Waals surface area contributed by atoms with E-state index in [1.807, 2.05) is 43.3 Å². The van der Waals surface area contributed by atoms with E-state index in [9.17, 15) is 0 Å². The van der Waals surface area contributed by atoms with Gasteiger partial charge in [0.1, 0.15) is 0 Å². The van der Waals surface area contributed by atoms with Gasteiger partial charge in [-0.25, -0.2) is 5.10 Å². The summed E-state index contributed by atoms with van der Waals surface area (Å²) < 4.78 is 2.12. The van der Waals surface area contributed by atoms with Crippen LogP contribution in [0.25, 0.3) is 11.4 Å². The average Bonchev–Trinajstić information content (AvgIpc) is 2.88. The van der Waals surface area contributed by atoms with Gasteiger partial charge in [0.25, 0.3) is 0 Å². The number of hydrogen-bond acceptors (Lipinski definition) is 3. The van der Waals surface area contributed by atoms with Crippen molar-refractivity contribution in [1.82, 2.24) is 14.9 Å². The summed E-state index contributed by atoms with van der Waals surface area (Å²) in [5.74, 6) is 0.714. The Kier molecular flexibility index (Phi) is 3.98. The molecule has 5 heteroatoms. The summed E-state index contributed by atoms with van der Waals surface area (Å²) in [6, 6.07) is 16.2. The van der Waals surface area contributed by atoms with Crippen LogP contribution in [0.15, 0.2) is 53.6 Å². The maximum Gasteiger partial charge on any atom is 0.216 e. The monoisotopic (exact) mass is 308 g/mol. The fraction of sp³-hybridized carbons (Fsp3) is 0.118. The number of nitrogens with zero attached hydrogens (tertiary/aromatic N) is 3. The van der Waals surface area contributed by atoms with Crippen molar-refractivity contribution in [2.75, 3.05) is 0 Å². The molecule has 1 aromatic heterocycles. The molecule has 2 aromatic carbocycles. The lowest BCUT2D eigenvalue weighted by Gasteiger charge is -2.04. The van der Waals surface area contributed by atoms with E-state index in [2.05, 4.69) is 34.4 Å². The highest BCUT2D eigenvalue weighted by atomic mass is 32.1. The van der Waals surface area contributed by atoms with E-state index in [-0.39, 0.29) is 0 Å². The fourth-order valence-corrected chi connectivity index (χ4v) is 2.35. The number of nitrogens with one attached hydrogen (secondary N) is 1. The van der Waals surface area contributed by atoms with Gasteiger partial charge in [-0.3, -0.25) is 0 Å². The molecule has 0 saturated heterocycles. The fourth-order valence-electron chi connectivity index (χ4n) is 2.17. The second kappa shape index (κ2) is 6.07. The SMILES string of the molecule is Cc1ccc(/C=N\n2c(-c3ccccc3C)n[nH]c2=S)cc1. The topological polar surface area (TPSA) is 46.0 Å². The Morgan fingerprint density at radius 3 is 2.55 bits per heavy atom. The largest absolute Gasteiger partial charge is 0.250 e. The molecule has 0 amide bonds. The summed E-state index contributed by atoms with van der Waals surface area (Å²) in [5, 5.41) is 11.6. The number of H-pyrrole nitrogens is 1. The Bertz CT molecular complexity index is 872. The zero-order valence-electron chi connectivity index (χ0n) is 12.4. The van der Waals surface area contributed by atoms with Crippen LogP contribution >= 0.6 is 12.2 Å². The van der Waals surface area contributed by atoms with Crippen molar-refractivity contribution in [1.29, 1.82) is 0 Å². The highest BCUT2D eigenvalue weighted by Crippen LogP contribution is 2.21. The predicted molar refractivity (Wildman–Crippen MR) is 91.8 cm³/mol. The highest BCUT2D eigenvalue weighted by Gasteiger charge is 2.09. The lowest BCUT2D eigenvalue weighted by atomic mass is 10.1. The molecule has 0 aliphatic heterocycles. The molecule has 0 bridgehead atoms. The van der Waals surface area contributed by atoms with E-state index >= 15 is 0 Å². The molecule has 0 aliphatic carbocycles. The molecule has 0 aliphatic rings. The second-order valence-corrected chi connectivity index (χ2v) is 5.52. The van der Waals surface area contributed by atoms with Crippen LogP contribution in [0, 0.1) is 18.6 Å². The molecule has 1 N–H and O–H groups in total. The van der Waals surface area contributed by atoms with Crippen molar-refractivity contribution in [2.45, 2.75) is 13.8 Å². The van der Waals surface area contributed by atoms with Crippen molar-refractivity contribution < 1.29 is 0 Å². The number of benzene rings is 2. The Morgan fingerprint density at radius 1 is 1.09 bits per heavy atom. The van der Waals surface area contributed by atoms with Crippen molar-refractivity contribution in [2.24, 2.45) is 5.10 Å². The maximum atomic E-state index is 5.28. The lowest BCUT2D eigenvalue weighted by molar-refractivity contribution is 0.871. The summed E-state index contributed by atoms with van der Waals surface area (Å²) in [5.41, 5.74) is 4.38. The molecule has 4 nitrogen and oxygen atoms in total. The third kappa shape index (κ3) is 2.89. The Balaban J connectivity index is 2.02. The Labute approximate surface area is 134 Å². The van der Waals surface area contributed by atoms with Gasteiger partial charge in [0.15, 0.2) is 5.82 Å². The third-order valence-corrected chi connectivity index (χ3v) is 3.70. The number of hydrogen-bond donors (Lipinski definition) is 1. The standard InChI is InChI=1S/C17H16N4S/c1-12-7-9-14(10-8-12)11-18-21-16(19-20-17(21)22)15-6-4-3-5-13(15)2/h3-11H,1-2H3,(H,20,22)/b18-11-.